The number of carboxylic acid groups (broad SMARTS) is 1. The van der Waals surface area contributed by atoms with Gasteiger partial charge in [-0.15, -0.1) is 23.7 Å². The molecule has 1 amide bonds. The van der Waals surface area contributed by atoms with Gasteiger partial charge in [-0.3, -0.25) is 5.32 Å². The molecule has 0 bridgehead atoms. The molecule has 0 aliphatic heterocycles. The maximum Gasteiger partial charge on any atom is 0.410 e. The van der Waals surface area contributed by atoms with E-state index in [4.69, 9.17) is 5.11 Å². The van der Waals surface area contributed by atoms with Gasteiger partial charge in [0.1, 0.15) is 0 Å². The highest BCUT2D eigenvalue weighted by molar-refractivity contribution is 7.13. The lowest BCUT2D eigenvalue weighted by atomic mass is 10.2. The minimum absolute atomic E-state index is 0. The third-order valence-electron chi connectivity index (χ3n) is 1.83. The van der Waals surface area contributed by atoms with Crippen LogP contribution in [0.15, 0.2) is 35.8 Å². The molecule has 0 aliphatic carbocycles. The molecule has 6 heteroatoms. The van der Waals surface area contributed by atoms with Crippen LogP contribution >= 0.6 is 23.7 Å². The minimum atomic E-state index is -1.10. The van der Waals surface area contributed by atoms with Crippen molar-refractivity contribution in [1.29, 1.82) is 0 Å². The minimum Gasteiger partial charge on any atom is -0.465 e. The molecule has 2 rings (SSSR count). The number of hydrogen-bond donors (Lipinski definition) is 2. The number of nitrogens with one attached hydrogen (secondary N) is 1. The Hall–Kier alpha value is -1.59. The van der Waals surface area contributed by atoms with Crippen molar-refractivity contribution >= 4 is 35.7 Å². The van der Waals surface area contributed by atoms with Crippen LogP contribution < -0.4 is 5.32 Å². The van der Waals surface area contributed by atoms with E-state index in [-0.39, 0.29) is 12.4 Å². The van der Waals surface area contributed by atoms with Crippen molar-refractivity contribution in [3.05, 3.63) is 35.8 Å². The second-order valence-corrected chi connectivity index (χ2v) is 3.68. The second kappa shape index (κ2) is 5.48. The highest BCUT2D eigenvalue weighted by atomic mass is 35.5. The van der Waals surface area contributed by atoms with Gasteiger partial charge in [-0.2, -0.15) is 0 Å². The normalized spacial score (nSPS) is 9.25. The number of halogens is 1. The van der Waals surface area contributed by atoms with E-state index in [2.05, 4.69) is 10.3 Å². The fraction of sp³-hybridized carbons (Fsp3) is 0. The van der Waals surface area contributed by atoms with Crippen molar-refractivity contribution in [2.45, 2.75) is 0 Å². The largest absolute Gasteiger partial charge is 0.465 e. The fourth-order valence-corrected chi connectivity index (χ4v) is 1.98. The summed E-state index contributed by atoms with van der Waals surface area (Å²) in [5, 5.41) is 10.9. The van der Waals surface area contributed by atoms with Crippen LogP contribution in [0.1, 0.15) is 0 Å². The van der Waals surface area contributed by atoms with Crippen molar-refractivity contribution in [1.82, 2.24) is 4.98 Å². The topological polar surface area (TPSA) is 62.2 Å². The third kappa shape index (κ3) is 2.71. The first-order valence-corrected chi connectivity index (χ1v) is 5.14. The summed E-state index contributed by atoms with van der Waals surface area (Å²) in [6.45, 7) is 0. The lowest BCUT2D eigenvalue weighted by Crippen LogP contribution is -2.08. The van der Waals surface area contributed by atoms with Crippen LogP contribution in [0.2, 0.25) is 0 Å². The Balaban J connectivity index is 0.00000128. The molecule has 0 spiro atoms. The molecule has 2 N–H and O–H groups in total. The van der Waals surface area contributed by atoms with Gasteiger partial charge in [0.05, 0.1) is 10.4 Å². The molecule has 2 aromatic rings. The van der Waals surface area contributed by atoms with Crippen molar-refractivity contribution in [2.24, 2.45) is 0 Å². The average molecular weight is 257 g/mol. The van der Waals surface area contributed by atoms with E-state index in [1.54, 1.807) is 5.51 Å². The van der Waals surface area contributed by atoms with Crippen molar-refractivity contribution in [2.75, 3.05) is 5.32 Å². The number of carbonyl (C=O) groups is 1. The Morgan fingerprint density at radius 3 is 2.62 bits per heavy atom. The molecule has 1 heterocycles. The summed E-state index contributed by atoms with van der Waals surface area (Å²) in [7, 11) is 0. The monoisotopic (exact) mass is 256 g/mol. The Labute approximate surface area is 102 Å². The van der Waals surface area contributed by atoms with Gasteiger partial charge in [-0.25, -0.2) is 9.78 Å². The summed E-state index contributed by atoms with van der Waals surface area (Å²) in [4.78, 5) is 15.3. The van der Waals surface area contributed by atoms with E-state index in [0.29, 0.717) is 5.82 Å². The third-order valence-corrected chi connectivity index (χ3v) is 2.70. The number of aromatic nitrogens is 1. The molecule has 0 radical (unpaired) electrons. The Kier molecular flexibility index (Phi) is 4.28. The lowest BCUT2D eigenvalue weighted by molar-refractivity contribution is 0.209. The average Bonchev–Trinajstić information content (AvgIpc) is 2.66. The van der Waals surface area contributed by atoms with Gasteiger partial charge < -0.3 is 5.11 Å². The summed E-state index contributed by atoms with van der Waals surface area (Å²) in [5.41, 5.74) is 2.58. The first kappa shape index (κ1) is 12.5. The maximum absolute atomic E-state index is 10.5. The lowest BCUT2D eigenvalue weighted by Gasteiger charge is -2.00. The number of hydrogen-bond acceptors (Lipinski definition) is 3. The standard InChI is InChI=1S/C10H8N2O2S.ClH/c13-10(14)12-9-8(15-6-11-9)7-4-2-1-3-5-7;/h1-6,12H,(H,13,14);1H. The van der Waals surface area contributed by atoms with Crippen LogP contribution in [0.3, 0.4) is 0 Å². The molecule has 84 valence electrons. The molecule has 0 unspecified atom stereocenters. The van der Waals surface area contributed by atoms with Gasteiger partial charge in [0.15, 0.2) is 5.82 Å². The zero-order valence-electron chi connectivity index (χ0n) is 8.08. The van der Waals surface area contributed by atoms with Crippen LogP contribution in [0.4, 0.5) is 10.6 Å². The quantitative estimate of drug-likeness (QED) is 0.866. The predicted molar refractivity (Wildman–Crippen MR) is 66.4 cm³/mol. The Morgan fingerprint density at radius 2 is 2.00 bits per heavy atom. The number of anilines is 1. The van der Waals surface area contributed by atoms with E-state index in [9.17, 15) is 4.79 Å². The zero-order valence-corrected chi connectivity index (χ0v) is 9.72. The fourth-order valence-electron chi connectivity index (χ4n) is 1.23. The molecule has 1 aromatic carbocycles. The summed E-state index contributed by atoms with van der Waals surface area (Å²) in [6, 6.07) is 9.55. The molecule has 0 aliphatic rings. The SMILES string of the molecule is Cl.O=C(O)Nc1ncsc1-c1ccccc1. The van der Waals surface area contributed by atoms with Gasteiger partial charge in [0.2, 0.25) is 0 Å². The van der Waals surface area contributed by atoms with Crippen LogP contribution in [-0.4, -0.2) is 16.2 Å². The van der Waals surface area contributed by atoms with Gasteiger partial charge in [0.25, 0.3) is 0 Å². The van der Waals surface area contributed by atoms with E-state index in [1.165, 1.54) is 11.3 Å². The first-order valence-electron chi connectivity index (χ1n) is 4.26. The molecule has 1 aromatic heterocycles. The zero-order chi connectivity index (χ0) is 10.7. The van der Waals surface area contributed by atoms with Gasteiger partial charge in [-0.1, -0.05) is 30.3 Å². The molecule has 0 fully saturated rings. The molecule has 0 saturated heterocycles. The Bertz CT molecular complexity index is 473. The van der Waals surface area contributed by atoms with Crippen LogP contribution in [0.5, 0.6) is 0 Å². The summed E-state index contributed by atoms with van der Waals surface area (Å²) < 4.78 is 0. The molecule has 0 saturated carbocycles. The molecular formula is C10H9ClN2O2S. The van der Waals surface area contributed by atoms with Gasteiger partial charge in [0, 0.05) is 0 Å². The number of nitrogens with zero attached hydrogens (tertiary/aromatic N) is 1. The summed E-state index contributed by atoms with van der Waals surface area (Å²) in [5.74, 6) is 0.388. The number of rotatable bonds is 2. The maximum atomic E-state index is 10.5. The molecular weight excluding hydrogens is 248 g/mol. The van der Waals surface area contributed by atoms with Gasteiger partial charge in [-0.05, 0) is 5.56 Å². The van der Waals surface area contributed by atoms with E-state index >= 15 is 0 Å². The molecule has 16 heavy (non-hydrogen) atoms. The number of benzene rings is 1. The van der Waals surface area contributed by atoms with E-state index in [0.717, 1.165) is 10.4 Å². The van der Waals surface area contributed by atoms with Crippen LogP contribution in [0.25, 0.3) is 10.4 Å². The van der Waals surface area contributed by atoms with Crippen molar-refractivity contribution in [3.63, 3.8) is 0 Å². The highest BCUT2D eigenvalue weighted by Crippen LogP contribution is 2.30. The van der Waals surface area contributed by atoms with Crippen molar-refractivity contribution in [3.8, 4) is 10.4 Å². The Morgan fingerprint density at radius 1 is 1.31 bits per heavy atom. The summed E-state index contributed by atoms with van der Waals surface area (Å²) >= 11 is 1.41. The van der Waals surface area contributed by atoms with Crippen LogP contribution in [-0.2, 0) is 0 Å². The number of thiazole rings is 1. The predicted octanol–water partition coefficient (Wildman–Crippen LogP) is 3.32. The van der Waals surface area contributed by atoms with Crippen LogP contribution in [0, 0.1) is 0 Å². The van der Waals surface area contributed by atoms with Crippen molar-refractivity contribution < 1.29 is 9.90 Å². The molecule has 4 nitrogen and oxygen atoms in total. The van der Waals surface area contributed by atoms with E-state index in [1.807, 2.05) is 30.3 Å². The molecule has 0 atom stereocenters. The highest BCUT2D eigenvalue weighted by Gasteiger charge is 2.09. The van der Waals surface area contributed by atoms with E-state index < -0.39 is 6.09 Å². The second-order valence-electron chi connectivity index (χ2n) is 2.83. The summed E-state index contributed by atoms with van der Waals surface area (Å²) in [6.07, 6.45) is -1.10. The number of amides is 1. The first-order chi connectivity index (χ1) is 7.27. The van der Waals surface area contributed by atoms with Gasteiger partial charge >= 0.3 is 6.09 Å². The smallest absolute Gasteiger partial charge is 0.410 e.